The second-order valence-electron chi connectivity index (χ2n) is 4.73. The summed E-state index contributed by atoms with van der Waals surface area (Å²) in [6.07, 6.45) is 4.25. The fourth-order valence-corrected chi connectivity index (χ4v) is 4.06. The second kappa shape index (κ2) is 4.67. The highest BCUT2D eigenvalue weighted by Crippen LogP contribution is 2.45. The monoisotopic (exact) mass is 278 g/mol. The maximum absolute atomic E-state index is 12.1. The van der Waals surface area contributed by atoms with E-state index in [0.29, 0.717) is 0 Å². The van der Waals surface area contributed by atoms with Crippen LogP contribution in [0, 0.1) is 0 Å². The molecule has 0 radical (unpaired) electrons. The van der Waals surface area contributed by atoms with Crippen molar-refractivity contribution in [2.24, 2.45) is 4.99 Å². The number of amides is 1. The van der Waals surface area contributed by atoms with Gasteiger partial charge in [-0.05, 0) is 24.2 Å². The molecule has 1 aromatic rings. The zero-order chi connectivity index (χ0) is 12.6. The van der Waals surface area contributed by atoms with Crippen LogP contribution in [0.15, 0.2) is 29.3 Å². The third-order valence-electron chi connectivity index (χ3n) is 3.50. The van der Waals surface area contributed by atoms with Crippen molar-refractivity contribution in [3.63, 3.8) is 0 Å². The van der Waals surface area contributed by atoms with Gasteiger partial charge in [0.2, 0.25) is 5.91 Å². The average Bonchev–Trinajstić information content (AvgIpc) is 2.92. The molecule has 1 atom stereocenters. The number of amidine groups is 1. The molecule has 1 aliphatic heterocycles. The molecule has 2 fully saturated rings. The van der Waals surface area contributed by atoms with Gasteiger partial charge in [0.25, 0.3) is 0 Å². The molecule has 1 N–H and O–H groups in total. The van der Waals surface area contributed by atoms with E-state index in [4.69, 9.17) is 0 Å². The minimum Gasteiger partial charge on any atom is -0.304 e. The summed E-state index contributed by atoms with van der Waals surface area (Å²) in [6, 6.07) is 7.89. The lowest BCUT2D eigenvalue weighted by Crippen LogP contribution is -2.33. The Bertz CT molecular complexity index is 523. The Morgan fingerprint density at radius 3 is 2.72 bits per heavy atom. The number of nitrogens with one attached hydrogen (secondary N) is 1. The first-order valence-electron chi connectivity index (χ1n) is 6.13. The molecule has 1 aromatic carbocycles. The van der Waals surface area contributed by atoms with Crippen LogP contribution in [0.2, 0.25) is 0 Å². The fourth-order valence-electron chi connectivity index (χ4n) is 2.49. The Hall–Kier alpha value is -0.860. The lowest BCUT2D eigenvalue weighted by Gasteiger charge is -2.15. The number of thioether (sulfide) groups is 1. The van der Waals surface area contributed by atoms with Gasteiger partial charge in [0.1, 0.15) is 4.75 Å². The summed E-state index contributed by atoms with van der Waals surface area (Å²) in [6.45, 7) is 0. The Balaban J connectivity index is 1.87. The minimum absolute atomic E-state index is 0.144. The van der Waals surface area contributed by atoms with E-state index in [1.165, 1.54) is 0 Å². The van der Waals surface area contributed by atoms with E-state index in [1.807, 2.05) is 24.3 Å². The molecule has 1 aliphatic carbocycles. The van der Waals surface area contributed by atoms with Crippen molar-refractivity contribution < 1.29 is 4.79 Å². The number of para-hydroxylation sites is 1. The number of rotatable bonds is 1. The van der Waals surface area contributed by atoms with Gasteiger partial charge >= 0.3 is 0 Å². The quantitative estimate of drug-likeness (QED) is 0.801. The molecule has 5 heteroatoms. The van der Waals surface area contributed by atoms with Gasteiger partial charge in [0.05, 0.1) is 5.69 Å². The molecular weight excluding hydrogens is 263 g/mol. The predicted octanol–water partition coefficient (Wildman–Crippen LogP) is 2.35. The van der Waals surface area contributed by atoms with E-state index in [1.54, 1.807) is 11.8 Å². The Labute approximate surface area is 113 Å². The van der Waals surface area contributed by atoms with E-state index in [0.717, 1.165) is 41.8 Å². The minimum atomic E-state index is -0.228. The summed E-state index contributed by atoms with van der Waals surface area (Å²) in [7, 11) is 2.67. The molecule has 3 nitrogen and oxygen atoms in total. The SMILES string of the molecule is O=C1NC(=Nc2ccccc2P)SC12CCCC2. The van der Waals surface area contributed by atoms with Gasteiger partial charge in [0, 0.05) is 0 Å². The van der Waals surface area contributed by atoms with Crippen LogP contribution in [0.25, 0.3) is 0 Å². The van der Waals surface area contributed by atoms with Crippen LogP contribution in [0.4, 0.5) is 5.69 Å². The molecule has 3 rings (SSSR count). The molecule has 1 heterocycles. The van der Waals surface area contributed by atoms with Gasteiger partial charge in [-0.3, -0.25) is 4.79 Å². The van der Waals surface area contributed by atoms with Crippen molar-refractivity contribution in [1.29, 1.82) is 0 Å². The fraction of sp³-hybridized carbons (Fsp3) is 0.385. The van der Waals surface area contributed by atoms with E-state index < -0.39 is 0 Å². The normalized spacial score (nSPS) is 23.8. The summed E-state index contributed by atoms with van der Waals surface area (Å²) in [5.74, 6) is 0.144. The number of carbonyl (C=O) groups excluding carboxylic acids is 1. The van der Waals surface area contributed by atoms with Crippen molar-refractivity contribution in [1.82, 2.24) is 5.32 Å². The number of carbonyl (C=O) groups is 1. The third kappa shape index (κ3) is 2.08. The Morgan fingerprint density at radius 1 is 1.28 bits per heavy atom. The lowest BCUT2D eigenvalue weighted by molar-refractivity contribution is -0.121. The number of hydrogen-bond acceptors (Lipinski definition) is 3. The Morgan fingerprint density at radius 2 is 2.00 bits per heavy atom. The van der Waals surface area contributed by atoms with Crippen LogP contribution in [0.3, 0.4) is 0 Å². The van der Waals surface area contributed by atoms with Crippen LogP contribution < -0.4 is 10.6 Å². The van der Waals surface area contributed by atoms with Gasteiger partial charge in [-0.15, -0.1) is 9.24 Å². The first-order chi connectivity index (χ1) is 8.70. The maximum Gasteiger partial charge on any atom is 0.242 e. The van der Waals surface area contributed by atoms with E-state index in [2.05, 4.69) is 19.5 Å². The number of aliphatic imine (C=N–C) groups is 1. The summed E-state index contributed by atoms with van der Waals surface area (Å²) in [5.41, 5.74) is 0.903. The highest BCUT2D eigenvalue weighted by Gasteiger charge is 2.48. The van der Waals surface area contributed by atoms with Gasteiger partial charge in [-0.2, -0.15) is 0 Å². The predicted molar refractivity (Wildman–Crippen MR) is 79.8 cm³/mol. The van der Waals surface area contributed by atoms with Crippen molar-refractivity contribution >= 4 is 43.1 Å². The zero-order valence-corrected chi connectivity index (χ0v) is 12.0. The largest absolute Gasteiger partial charge is 0.304 e. The number of nitrogens with zero attached hydrogens (tertiary/aromatic N) is 1. The summed E-state index contributed by atoms with van der Waals surface area (Å²) >= 11 is 1.61. The van der Waals surface area contributed by atoms with Crippen LogP contribution in [0.5, 0.6) is 0 Å². The van der Waals surface area contributed by atoms with Crippen LogP contribution in [-0.4, -0.2) is 15.8 Å². The van der Waals surface area contributed by atoms with Gasteiger partial charge < -0.3 is 5.32 Å². The van der Waals surface area contributed by atoms with Crippen molar-refractivity contribution in [3.8, 4) is 0 Å². The lowest BCUT2D eigenvalue weighted by atomic mass is 10.1. The molecule has 1 amide bonds. The molecule has 94 valence electrons. The average molecular weight is 278 g/mol. The van der Waals surface area contributed by atoms with Crippen molar-refractivity contribution in [3.05, 3.63) is 24.3 Å². The van der Waals surface area contributed by atoms with Crippen LogP contribution in [0.1, 0.15) is 25.7 Å². The number of hydrogen-bond donors (Lipinski definition) is 1. The van der Waals surface area contributed by atoms with Gasteiger partial charge in [0.15, 0.2) is 5.17 Å². The van der Waals surface area contributed by atoms with Crippen molar-refractivity contribution in [2.75, 3.05) is 0 Å². The highest BCUT2D eigenvalue weighted by molar-refractivity contribution is 8.16. The first kappa shape index (κ1) is 12.2. The van der Waals surface area contributed by atoms with E-state index in [-0.39, 0.29) is 10.7 Å². The summed E-state index contributed by atoms with van der Waals surface area (Å²) in [4.78, 5) is 16.6. The molecule has 1 unspecified atom stereocenters. The maximum atomic E-state index is 12.1. The summed E-state index contributed by atoms with van der Waals surface area (Å²) < 4.78 is -0.228. The molecular formula is C13H15N2OPS. The molecule has 0 aromatic heterocycles. The Kier molecular flexibility index (Phi) is 3.16. The standard InChI is InChI=1S/C13H15N2OPS/c16-11-13(7-3-4-8-13)18-12(15-11)14-9-5-1-2-6-10(9)17/h1-2,5-6H,3-4,7-8,17H2,(H,14,15,16). The molecule has 1 saturated heterocycles. The number of benzene rings is 1. The van der Waals surface area contributed by atoms with E-state index in [9.17, 15) is 4.79 Å². The highest BCUT2D eigenvalue weighted by atomic mass is 32.2. The molecule has 1 saturated carbocycles. The van der Waals surface area contributed by atoms with Crippen molar-refractivity contribution in [2.45, 2.75) is 30.4 Å². The van der Waals surface area contributed by atoms with E-state index >= 15 is 0 Å². The third-order valence-corrected chi connectivity index (χ3v) is 5.36. The molecule has 0 bridgehead atoms. The second-order valence-corrected chi connectivity index (χ2v) is 6.73. The zero-order valence-electron chi connectivity index (χ0n) is 9.98. The molecule has 2 aliphatic rings. The smallest absolute Gasteiger partial charge is 0.242 e. The molecule has 1 spiro atoms. The first-order valence-corrected chi connectivity index (χ1v) is 7.53. The van der Waals surface area contributed by atoms with Gasteiger partial charge in [-0.1, -0.05) is 42.8 Å². The van der Waals surface area contributed by atoms with Gasteiger partial charge in [-0.25, -0.2) is 4.99 Å². The van der Waals surface area contributed by atoms with Crippen LogP contribution >= 0.6 is 21.0 Å². The summed E-state index contributed by atoms with van der Waals surface area (Å²) in [5, 5.41) is 4.72. The van der Waals surface area contributed by atoms with Crippen LogP contribution in [-0.2, 0) is 4.79 Å². The topological polar surface area (TPSA) is 41.5 Å². The molecule has 18 heavy (non-hydrogen) atoms.